The van der Waals surface area contributed by atoms with Gasteiger partial charge in [-0.25, -0.2) is 4.98 Å². The Morgan fingerprint density at radius 2 is 1.76 bits per heavy atom. The van der Waals surface area contributed by atoms with Gasteiger partial charge in [-0.3, -0.25) is 0 Å². The summed E-state index contributed by atoms with van der Waals surface area (Å²) in [5.74, 6) is -0.617. The Balaban J connectivity index is 1.71. The molecule has 0 aliphatic heterocycles. The lowest BCUT2D eigenvalue weighted by Crippen LogP contribution is -2.21. The van der Waals surface area contributed by atoms with Gasteiger partial charge in [-0.15, -0.1) is 34.4 Å². The number of carbonyl (C=O) groups excluding carboxylic acids is 1. The van der Waals surface area contributed by atoms with Crippen molar-refractivity contribution in [2.24, 2.45) is 0 Å². The molecule has 0 saturated heterocycles. The van der Waals surface area contributed by atoms with Crippen molar-refractivity contribution in [2.75, 3.05) is 0 Å². The molecule has 3 aromatic heterocycles. The molecule has 0 unspecified atom stereocenters. The van der Waals surface area contributed by atoms with E-state index in [-0.39, 0.29) is 5.56 Å². The fourth-order valence-corrected chi connectivity index (χ4v) is 5.19. The van der Waals surface area contributed by atoms with E-state index in [2.05, 4.69) is 6.07 Å². The average Bonchev–Trinajstić information content (AvgIpc) is 3.46. The van der Waals surface area contributed by atoms with Crippen LogP contribution in [-0.4, -0.2) is 11.0 Å². The number of hydrogen-bond donors (Lipinski definition) is 0. The first-order valence-corrected chi connectivity index (χ1v) is 11.4. The first-order valence-electron chi connectivity index (χ1n) is 8.61. The second-order valence-corrected chi connectivity index (χ2v) is 8.93. The van der Waals surface area contributed by atoms with Gasteiger partial charge >= 0.3 is 0 Å². The van der Waals surface area contributed by atoms with Crippen LogP contribution in [0, 0.1) is 11.3 Å². The number of aromatic nitrogens is 1. The summed E-state index contributed by atoms with van der Waals surface area (Å²) in [5.41, 5.74) is 3.39. The van der Waals surface area contributed by atoms with E-state index < -0.39 is 5.97 Å². The third kappa shape index (κ3) is 4.25. The van der Waals surface area contributed by atoms with Crippen LogP contribution >= 0.6 is 34.4 Å². The minimum atomic E-state index is -1.19. The maximum Gasteiger partial charge on any atom is 0.116 e. The number of rotatable bonds is 6. The smallest absolute Gasteiger partial charge is 0.116 e. The molecule has 0 aliphatic rings. The van der Waals surface area contributed by atoms with Crippen molar-refractivity contribution in [3.8, 4) is 27.1 Å². The topological polar surface area (TPSA) is 76.8 Å². The van der Waals surface area contributed by atoms with Crippen LogP contribution in [0.15, 0.2) is 70.4 Å². The number of carboxylic acid groups (broad SMARTS) is 1. The van der Waals surface area contributed by atoms with E-state index in [4.69, 9.17) is 4.98 Å². The van der Waals surface area contributed by atoms with Crippen LogP contribution < -0.4 is 5.11 Å². The molecule has 0 fully saturated rings. The molecule has 4 rings (SSSR count). The lowest BCUT2D eigenvalue weighted by Gasteiger charge is -2.11. The quantitative estimate of drug-likeness (QED) is 0.397. The van der Waals surface area contributed by atoms with Gasteiger partial charge < -0.3 is 9.90 Å². The van der Waals surface area contributed by atoms with Crippen molar-refractivity contribution in [3.05, 3.63) is 82.0 Å². The summed E-state index contributed by atoms with van der Waals surface area (Å²) in [6.45, 7) is 0. The molecule has 0 saturated carbocycles. The molecular formula is C22H13N2O2S3-. The van der Waals surface area contributed by atoms with Crippen LogP contribution in [0.3, 0.4) is 0 Å². The van der Waals surface area contributed by atoms with E-state index in [1.165, 1.54) is 23.9 Å². The lowest BCUT2D eigenvalue weighted by molar-refractivity contribution is -0.255. The van der Waals surface area contributed by atoms with Crippen LogP contribution in [-0.2, 0) is 5.75 Å². The maximum absolute atomic E-state index is 10.9. The fraction of sp³-hybridized carbons (Fsp3) is 0.0455. The summed E-state index contributed by atoms with van der Waals surface area (Å²) in [5, 5.41) is 25.4. The van der Waals surface area contributed by atoms with E-state index in [9.17, 15) is 15.2 Å². The molecule has 0 radical (unpaired) electrons. The number of carbonyl (C=O) groups is 1. The highest BCUT2D eigenvalue weighted by Crippen LogP contribution is 2.37. The molecule has 0 amide bonds. The van der Waals surface area contributed by atoms with Crippen molar-refractivity contribution in [2.45, 2.75) is 10.8 Å². The Morgan fingerprint density at radius 3 is 2.34 bits per heavy atom. The summed E-state index contributed by atoms with van der Waals surface area (Å²) in [7, 11) is 0. The van der Waals surface area contributed by atoms with E-state index in [0.29, 0.717) is 16.3 Å². The van der Waals surface area contributed by atoms with Gasteiger partial charge in [0.25, 0.3) is 0 Å². The molecule has 7 heteroatoms. The van der Waals surface area contributed by atoms with Gasteiger partial charge in [-0.05, 0) is 40.1 Å². The summed E-state index contributed by atoms with van der Waals surface area (Å²) in [6.07, 6.45) is 0. The predicted molar refractivity (Wildman–Crippen MR) is 116 cm³/mol. The Labute approximate surface area is 180 Å². The molecule has 0 bridgehead atoms. The molecule has 29 heavy (non-hydrogen) atoms. The number of benzene rings is 1. The molecule has 4 nitrogen and oxygen atoms in total. The van der Waals surface area contributed by atoms with Crippen molar-refractivity contribution in [3.63, 3.8) is 0 Å². The van der Waals surface area contributed by atoms with Gasteiger partial charge in [0.15, 0.2) is 0 Å². The lowest BCUT2D eigenvalue weighted by atomic mass is 10.1. The van der Waals surface area contributed by atoms with Crippen LogP contribution in [0.5, 0.6) is 0 Å². The largest absolute Gasteiger partial charge is 0.545 e. The van der Waals surface area contributed by atoms with Crippen molar-refractivity contribution < 1.29 is 9.90 Å². The first kappa shape index (κ1) is 19.4. The molecule has 1 aromatic carbocycles. The zero-order chi connectivity index (χ0) is 20.2. The monoisotopic (exact) mass is 433 g/mol. The molecule has 142 valence electrons. The maximum atomic E-state index is 10.9. The number of aromatic carboxylic acids is 1. The predicted octanol–water partition coefficient (Wildman–Crippen LogP) is 5.07. The van der Waals surface area contributed by atoms with E-state index >= 15 is 0 Å². The molecule has 0 spiro atoms. The van der Waals surface area contributed by atoms with Crippen LogP contribution in [0.2, 0.25) is 0 Å². The molecular weight excluding hydrogens is 420 g/mol. The molecule has 4 aromatic rings. The summed E-state index contributed by atoms with van der Waals surface area (Å²) in [6, 6.07) is 18.9. The Bertz CT molecular complexity index is 1180. The van der Waals surface area contributed by atoms with Crippen molar-refractivity contribution in [1.82, 2.24) is 4.98 Å². The summed E-state index contributed by atoms with van der Waals surface area (Å²) >= 11 is 4.68. The Morgan fingerprint density at radius 1 is 1.07 bits per heavy atom. The van der Waals surface area contributed by atoms with Gasteiger partial charge in [0.05, 0.1) is 22.1 Å². The molecule has 3 heterocycles. The zero-order valence-corrected chi connectivity index (χ0v) is 17.4. The van der Waals surface area contributed by atoms with E-state index in [1.54, 1.807) is 34.8 Å². The Hall–Kier alpha value is -2.92. The fourth-order valence-electron chi connectivity index (χ4n) is 2.80. The van der Waals surface area contributed by atoms with Crippen LogP contribution in [0.1, 0.15) is 21.5 Å². The number of hydrogen-bond acceptors (Lipinski definition) is 7. The Kier molecular flexibility index (Phi) is 5.76. The highest BCUT2D eigenvalue weighted by molar-refractivity contribution is 7.98. The first-order chi connectivity index (χ1) is 14.2. The number of thiophene rings is 2. The minimum absolute atomic E-state index is 0.147. The van der Waals surface area contributed by atoms with Crippen molar-refractivity contribution >= 4 is 40.4 Å². The average molecular weight is 434 g/mol. The zero-order valence-electron chi connectivity index (χ0n) is 15.0. The van der Waals surface area contributed by atoms with Crippen LogP contribution in [0.4, 0.5) is 0 Å². The standard InChI is InChI=1S/C22H14N2O2S3/c23-12-17-16(19-3-1-9-27-19)11-18(20-4-2-10-28-20)24-21(17)29-13-14-5-7-15(8-6-14)22(25)26/h1-11H,13H2,(H,25,26)/p-1. The van der Waals surface area contributed by atoms with E-state index in [1.807, 2.05) is 41.1 Å². The number of nitriles is 1. The normalized spacial score (nSPS) is 10.6. The third-order valence-electron chi connectivity index (χ3n) is 4.22. The van der Waals surface area contributed by atoms with Crippen LogP contribution in [0.25, 0.3) is 21.0 Å². The minimum Gasteiger partial charge on any atom is -0.545 e. The number of nitrogens with zero attached hydrogens (tertiary/aromatic N) is 2. The van der Waals surface area contributed by atoms with Gasteiger partial charge in [-0.2, -0.15) is 5.26 Å². The van der Waals surface area contributed by atoms with Gasteiger partial charge in [0, 0.05) is 16.2 Å². The number of thioether (sulfide) groups is 1. The summed E-state index contributed by atoms with van der Waals surface area (Å²) < 4.78 is 0. The number of carboxylic acids is 1. The summed E-state index contributed by atoms with van der Waals surface area (Å²) in [4.78, 5) is 17.8. The SMILES string of the molecule is N#Cc1c(-c2cccs2)cc(-c2cccs2)nc1SCc1ccc(C(=O)[O-])cc1. The van der Waals surface area contributed by atoms with Gasteiger partial charge in [0.1, 0.15) is 11.1 Å². The molecule has 0 atom stereocenters. The highest BCUT2D eigenvalue weighted by atomic mass is 32.2. The third-order valence-corrected chi connectivity index (χ3v) is 7.07. The second kappa shape index (κ2) is 8.62. The highest BCUT2D eigenvalue weighted by Gasteiger charge is 2.17. The van der Waals surface area contributed by atoms with Gasteiger partial charge in [-0.1, -0.05) is 36.4 Å². The molecule has 0 aliphatic carbocycles. The number of pyridine rings is 1. The molecule has 0 N–H and O–H groups in total. The second-order valence-electron chi connectivity index (χ2n) is 6.07. The van der Waals surface area contributed by atoms with Crippen molar-refractivity contribution in [1.29, 1.82) is 5.26 Å². The van der Waals surface area contributed by atoms with E-state index in [0.717, 1.165) is 26.6 Å². The van der Waals surface area contributed by atoms with Gasteiger partial charge in [0.2, 0.25) is 0 Å².